The van der Waals surface area contributed by atoms with Crippen LogP contribution in [0.15, 0.2) is 4.99 Å². The van der Waals surface area contributed by atoms with E-state index in [1.54, 1.807) is 7.05 Å². The smallest absolute Gasteiger partial charge is 0.252 e. The van der Waals surface area contributed by atoms with Gasteiger partial charge in [0, 0.05) is 7.05 Å². The van der Waals surface area contributed by atoms with Crippen LogP contribution in [0.3, 0.4) is 0 Å². The van der Waals surface area contributed by atoms with Crippen molar-refractivity contribution in [1.29, 1.82) is 0 Å². The Bertz CT molecular complexity index is 275. The standard InChI is InChI=1S/C11H21N3O/c1-5-8(3)7-11(6-2)9(15)13-10(12-4)14-11/h8H,5-7H2,1-4H3,(H2,12,13,14,15). The molecule has 0 saturated carbocycles. The molecule has 0 aromatic heterocycles. The maximum atomic E-state index is 11.9. The lowest BCUT2D eigenvalue weighted by Gasteiger charge is -2.27. The van der Waals surface area contributed by atoms with Crippen molar-refractivity contribution in [2.45, 2.75) is 45.6 Å². The zero-order valence-electron chi connectivity index (χ0n) is 10.1. The normalized spacial score (nSPS) is 30.1. The van der Waals surface area contributed by atoms with Crippen LogP contribution < -0.4 is 10.6 Å². The Morgan fingerprint density at radius 2 is 2.13 bits per heavy atom. The highest BCUT2D eigenvalue weighted by atomic mass is 16.2. The summed E-state index contributed by atoms with van der Waals surface area (Å²) in [4.78, 5) is 15.9. The van der Waals surface area contributed by atoms with E-state index in [2.05, 4.69) is 29.5 Å². The van der Waals surface area contributed by atoms with Gasteiger partial charge in [-0.15, -0.1) is 0 Å². The zero-order chi connectivity index (χ0) is 11.5. The number of carbonyl (C=O) groups excluding carboxylic acids is 1. The van der Waals surface area contributed by atoms with Gasteiger partial charge in [-0.2, -0.15) is 0 Å². The Labute approximate surface area is 91.5 Å². The fourth-order valence-corrected chi connectivity index (χ4v) is 1.93. The van der Waals surface area contributed by atoms with Crippen LogP contribution in [-0.2, 0) is 4.79 Å². The van der Waals surface area contributed by atoms with Crippen molar-refractivity contribution in [3.05, 3.63) is 0 Å². The highest BCUT2D eigenvalue weighted by molar-refractivity contribution is 6.08. The quantitative estimate of drug-likeness (QED) is 0.736. The van der Waals surface area contributed by atoms with Gasteiger partial charge < -0.3 is 5.32 Å². The van der Waals surface area contributed by atoms with E-state index >= 15 is 0 Å². The van der Waals surface area contributed by atoms with E-state index in [4.69, 9.17) is 0 Å². The average molecular weight is 211 g/mol. The van der Waals surface area contributed by atoms with E-state index in [0.29, 0.717) is 11.9 Å². The molecule has 4 heteroatoms. The van der Waals surface area contributed by atoms with Crippen LogP contribution in [0.4, 0.5) is 0 Å². The summed E-state index contributed by atoms with van der Waals surface area (Å²) in [5.74, 6) is 1.20. The van der Waals surface area contributed by atoms with Crippen LogP contribution >= 0.6 is 0 Å². The molecule has 15 heavy (non-hydrogen) atoms. The van der Waals surface area contributed by atoms with Crippen LogP contribution in [0.25, 0.3) is 0 Å². The minimum absolute atomic E-state index is 0.0610. The molecule has 2 atom stereocenters. The highest BCUT2D eigenvalue weighted by Crippen LogP contribution is 2.25. The summed E-state index contributed by atoms with van der Waals surface area (Å²) in [6, 6.07) is 0. The average Bonchev–Trinajstić information content (AvgIpc) is 2.56. The van der Waals surface area contributed by atoms with Crippen LogP contribution in [0.1, 0.15) is 40.0 Å². The van der Waals surface area contributed by atoms with Gasteiger partial charge in [0.2, 0.25) is 0 Å². The number of rotatable bonds is 4. The molecule has 1 saturated heterocycles. The second-order valence-corrected chi connectivity index (χ2v) is 4.30. The fraction of sp³-hybridized carbons (Fsp3) is 0.818. The Balaban J connectivity index is 2.81. The molecule has 2 unspecified atom stereocenters. The zero-order valence-corrected chi connectivity index (χ0v) is 10.1. The Morgan fingerprint density at radius 3 is 2.53 bits per heavy atom. The first kappa shape index (κ1) is 12.0. The molecule has 0 spiro atoms. The molecule has 0 radical (unpaired) electrons. The van der Waals surface area contributed by atoms with E-state index in [9.17, 15) is 4.79 Å². The molecule has 1 fully saturated rings. The van der Waals surface area contributed by atoms with Crippen LogP contribution in [0.5, 0.6) is 0 Å². The molecule has 0 aromatic carbocycles. The fourth-order valence-electron chi connectivity index (χ4n) is 1.93. The second kappa shape index (κ2) is 4.64. The number of amides is 1. The molecule has 1 amide bonds. The summed E-state index contributed by atoms with van der Waals surface area (Å²) < 4.78 is 0. The molecule has 2 N–H and O–H groups in total. The van der Waals surface area contributed by atoms with Gasteiger partial charge in [0.05, 0.1) is 0 Å². The second-order valence-electron chi connectivity index (χ2n) is 4.30. The van der Waals surface area contributed by atoms with Crippen molar-refractivity contribution in [1.82, 2.24) is 10.6 Å². The molecule has 86 valence electrons. The predicted molar refractivity (Wildman–Crippen MR) is 61.7 cm³/mol. The van der Waals surface area contributed by atoms with Crippen molar-refractivity contribution < 1.29 is 4.79 Å². The molecule has 1 aliphatic heterocycles. The van der Waals surface area contributed by atoms with Crippen LogP contribution in [0, 0.1) is 5.92 Å². The predicted octanol–water partition coefficient (Wildman–Crippen LogP) is 1.28. The summed E-state index contributed by atoms with van der Waals surface area (Å²) in [5, 5.41) is 5.98. The SMILES string of the molecule is CCC(C)CC1(CC)NC(=NC)NC1=O. The van der Waals surface area contributed by atoms with Gasteiger partial charge in [0.15, 0.2) is 5.96 Å². The van der Waals surface area contributed by atoms with Gasteiger partial charge in [0.1, 0.15) is 5.54 Å². The van der Waals surface area contributed by atoms with E-state index in [1.807, 2.05) is 6.92 Å². The van der Waals surface area contributed by atoms with E-state index in [0.717, 1.165) is 19.3 Å². The number of nitrogens with zero attached hydrogens (tertiary/aromatic N) is 1. The van der Waals surface area contributed by atoms with Crippen molar-refractivity contribution in [2.24, 2.45) is 10.9 Å². The number of nitrogens with one attached hydrogen (secondary N) is 2. The van der Waals surface area contributed by atoms with Crippen LogP contribution in [-0.4, -0.2) is 24.5 Å². The monoisotopic (exact) mass is 211 g/mol. The first-order chi connectivity index (χ1) is 7.07. The molecular weight excluding hydrogens is 190 g/mol. The van der Waals surface area contributed by atoms with Crippen molar-refractivity contribution in [3.8, 4) is 0 Å². The molecule has 0 bridgehead atoms. The molecule has 0 aliphatic carbocycles. The van der Waals surface area contributed by atoms with Gasteiger partial charge in [-0.1, -0.05) is 27.2 Å². The number of hydrogen-bond acceptors (Lipinski definition) is 2. The van der Waals surface area contributed by atoms with E-state index < -0.39 is 5.54 Å². The maximum Gasteiger partial charge on any atom is 0.252 e. The minimum atomic E-state index is -0.440. The third-order valence-corrected chi connectivity index (χ3v) is 3.25. The largest absolute Gasteiger partial charge is 0.342 e. The van der Waals surface area contributed by atoms with Gasteiger partial charge >= 0.3 is 0 Å². The van der Waals surface area contributed by atoms with Gasteiger partial charge in [-0.3, -0.25) is 15.1 Å². The first-order valence-corrected chi connectivity index (χ1v) is 5.64. The third kappa shape index (κ3) is 2.30. The van der Waals surface area contributed by atoms with Crippen LogP contribution in [0.2, 0.25) is 0 Å². The van der Waals surface area contributed by atoms with Crippen molar-refractivity contribution in [3.63, 3.8) is 0 Å². The minimum Gasteiger partial charge on any atom is -0.342 e. The molecular formula is C11H21N3O. The van der Waals surface area contributed by atoms with Gasteiger partial charge in [-0.25, -0.2) is 0 Å². The van der Waals surface area contributed by atoms with E-state index in [-0.39, 0.29) is 5.91 Å². The Hall–Kier alpha value is -1.06. The van der Waals surface area contributed by atoms with Crippen molar-refractivity contribution in [2.75, 3.05) is 7.05 Å². The van der Waals surface area contributed by atoms with E-state index in [1.165, 1.54) is 0 Å². The third-order valence-electron chi connectivity index (χ3n) is 3.25. The van der Waals surface area contributed by atoms with Gasteiger partial charge in [-0.05, 0) is 18.8 Å². The lowest BCUT2D eigenvalue weighted by atomic mass is 9.85. The first-order valence-electron chi connectivity index (χ1n) is 5.64. The summed E-state index contributed by atoms with van der Waals surface area (Å²) in [6.45, 7) is 6.36. The molecule has 1 rings (SSSR count). The molecule has 1 heterocycles. The molecule has 1 aliphatic rings. The van der Waals surface area contributed by atoms with Crippen molar-refractivity contribution >= 4 is 11.9 Å². The number of aliphatic imine (C=N–C) groups is 1. The maximum absolute atomic E-state index is 11.9. The Morgan fingerprint density at radius 1 is 1.47 bits per heavy atom. The Kier molecular flexibility index (Phi) is 3.72. The number of hydrogen-bond donors (Lipinski definition) is 2. The molecule has 4 nitrogen and oxygen atoms in total. The lowest BCUT2D eigenvalue weighted by molar-refractivity contribution is -0.124. The summed E-state index contributed by atoms with van der Waals surface area (Å²) in [6.07, 6.45) is 2.75. The summed E-state index contributed by atoms with van der Waals surface area (Å²) in [5.41, 5.74) is -0.440. The highest BCUT2D eigenvalue weighted by Gasteiger charge is 2.43. The lowest BCUT2D eigenvalue weighted by Crippen LogP contribution is -2.47. The molecule has 0 aromatic rings. The number of guanidine groups is 1. The summed E-state index contributed by atoms with van der Waals surface area (Å²) in [7, 11) is 1.68. The number of carbonyl (C=O) groups is 1. The summed E-state index contributed by atoms with van der Waals surface area (Å²) >= 11 is 0. The topological polar surface area (TPSA) is 53.5 Å². The van der Waals surface area contributed by atoms with Gasteiger partial charge in [0.25, 0.3) is 5.91 Å².